The van der Waals surface area contributed by atoms with Crippen molar-refractivity contribution < 1.29 is 4.74 Å². The molecule has 0 amide bonds. The summed E-state index contributed by atoms with van der Waals surface area (Å²) in [6, 6.07) is 0. The fraction of sp³-hybridized carbons (Fsp3) is 0.786. The number of aromatic nitrogens is 1. The lowest BCUT2D eigenvalue weighted by molar-refractivity contribution is 0.195. The molecule has 0 saturated heterocycles. The van der Waals surface area contributed by atoms with Crippen molar-refractivity contribution in [1.29, 1.82) is 0 Å². The average molecular weight is 268 g/mol. The van der Waals surface area contributed by atoms with Gasteiger partial charge >= 0.3 is 0 Å². The van der Waals surface area contributed by atoms with Crippen molar-refractivity contribution in [3.63, 3.8) is 0 Å². The molecule has 0 atom stereocenters. The maximum absolute atomic E-state index is 5.10. The van der Waals surface area contributed by atoms with Crippen LogP contribution in [0.4, 0.5) is 0 Å². The molecular formula is C14H24N2OS. The Morgan fingerprint density at radius 3 is 2.94 bits per heavy atom. The van der Waals surface area contributed by atoms with Crippen LogP contribution in [-0.4, -0.2) is 25.2 Å². The van der Waals surface area contributed by atoms with Crippen LogP contribution in [0.5, 0.6) is 0 Å². The quantitative estimate of drug-likeness (QED) is 0.699. The zero-order valence-corrected chi connectivity index (χ0v) is 12.3. The van der Waals surface area contributed by atoms with Gasteiger partial charge in [0.05, 0.1) is 10.7 Å². The molecule has 0 aliphatic heterocycles. The molecule has 102 valence electrons. The van der Waals surface area contributed by atoms with E-state index >= 15 is 0 Å². The van der Waals surface area contributed by atoms with Gasteiger partial charge in [-0.1, -0.05) is 6.92 Å². The average Bonchev–Trinajstić information content (AvgIpc) is 3.13. The van der Waals surface area contributed by atoms with E-state index in [4.69, 9.17) is 9.72 Å². The molecule has 4 heteroatoms. The SMILES string of the molecule is CCCNCc1sc(CCCOC)nc1C1CC1. The third kappa shape index (κ3) is 4.04. The Morgan fingerprint density at radius 1 is 1.44 bits per heavy atom. The minimum absolute atomic E-state index is 0.760. The second kappa shape index (κ2) is 7.22. The number of nitrogens with zero attached hydrogens (tertiary/aromatic N) is 1. The normalized spacial score (nSPS) is 15.2. The molecule has 18 heavy (non-hydrogen) atoms. The number of hydrogen-bond donors (Lipinski definition) is 1. The number of ether oxygens (including phenoxy) is 1. The highest BCUT2D eigenvalue weighted by atomic mass is 32.1. The van der Waals surface area contributed by atoms with Crippen molar-refractivity contribution in [2.24, 2.45) is 0 Å². The third-order valence-electron chi connectivity index (χ3n) is 3.19. The molecule has 0 radical (unpaired) electrons. The van der Waals surface area contributed by atoms with Gasteiger partial charge in [-0.2, -0.15) is 0 Å². The highest BCUT2D eigenvalue weighted by molar-refractivity contribution is 7.11. The van der Waals surface area contributed by atoms with Gasteiger partial charge in [-0.05, 0) is 32.2 Å². The van der Waals surface area contributed by atoms with Gasteiger partial charge in [-0.15, -0.1) is 11.3 Å². The van der Waals surface area contributed by atoms with Gasteiger partial charge in [-0.25, -0.2) is 4.98 Å². The lowest BCUT2D eigenvalue weighted by Crippen LogP contribution is -2.13. The van der Waals surface area contributed by atoms with Crippen molar-refractivity contribution in [1.82, 2.24) is 10.3 Å². The lowest BCUT2D eigenvalue weighted by atomic mass is 10.2. The summed E-state index contributed by atoms with van der Waals surface area (Å²) >= 11 is 1.90. The molecular weight excluding hydrogens is 244 g/mol. The monoisotopic (exact) mass is 268 g/mol. The Hall–Kier alpha value is -0.450. The highest BCUT2D eigenvalue weighted by Crippen LogP contribution is 2.42. The number of thiazole rings is 1. The second-order valence-corrected chi connectivity index (χ2v) is 6.13. The largest absolute Gasteiger partial charge is 0.385 e. The van der Waals surface area contributed by atoms with Crippen LogP contribution < -0.4 is 5.32 Å². The van der Waals surface area contributed by atoms with Crippen LogP contribution >= 0.6 is 11.3 Å². The van der Waals surface area contributed by atoms with Gasteiger partial charge < -0.3 is 10.1 Å². The van der Waals surface area contributed by atoms with Crippen molar-refractivity contribution in [2.45, 2.75) is 51.5 Å². The number of nitrogens with one attached hydrogen (secondary N) is 1. The van der Waals surface area contributed by atoms with Crippen molar-refractivity contribution in [3.8, 4) is 0 Å². The van der Waals surface area contributed by atoms with E-state index in [-0.39, 0.29) is 0 Å². The van der Waals surface area contributed by atoms with E-state index in [0.29, 0.717) is 0 Å². The van der Waals surface area contributed by atoms with Crippen LogP contribution in [0.3, 0.4) is 0 Å². The van der Waals surface area contributed by atoms with E-state index in [2.05, 4.69) is 12.2 Å². The van der Waals surface area contributed by atoms with Crippen LogP contribution in [-0.2, 0) is 17.7 Å². The van der Waals surface area contributed by atoms with Gasteiger partial charge in [0.1, 0.15) is 0 Å². The maximum Gasteiger partial charge on any atom is 0.0932 e. The topological polar surface area (TPSA) is 34.1 Å². The van der Waals surface area contributed by atoms with Gasteiger partial charge in [0, 0.05) is 37.5 Å². The first-order chi connectivity index (χ1) is 8.85. The van der Waals surface area contributed by atoms with E-state index in [0.717, 1.165) is 38.5 Å². The summed E-state index contributed by atoms with van der Waals surface area (Å²) in [6.45, 7) is 5.14. The Morgan fingerprint density at radius 2 is 2.28 bits per heavy atom. The second-order valence-electron chi connectivity index (χ2n) is 4.96. The standard InChI is InChI=1S/C14H24N2OS/c1-3-8-15-10-12-14(11-6-7-11)16-13(18-12)5-4-9-17-2/h11,15H,3-10H2,1-2H3. The zero-order valence-electron chi connectivity index (χ0n) is 11.5. The molecule has 1 N–H and O–H groups in total. The summed E-state index contributed by atoms with van der Waals surface area (Å²) in [5, 5.41) is 4.79. The minimum atomic E-state index is 0.760. The van der Waals surface area contributed by atoms with Crippen LogP contribution in [0.2, 0.25) is 0 Å². The predicted molar refractivity (Wildman–Crippen MR) is 76.3 cm³/mol. The summed E-state index contributed by atoms with van der Waals surface area (Å²) in [7, 11) is 1.76. The smallest absolute Gasteiger partial charge is 0.0932 e. The fourth-order valence-corrected chi connectivity index (χ4v) is 3.24. The summed E-state index contributed by atoms with van der Waals surface area (Å²) in [5.41, 5.74) is 1.39. The number of methoxy groups -OCH3 is 1. The van der Waals surface area contributed by atoms with Crippen molar-refractivity contribution >= 4 is 11.3 Å². The minimum Gasteiger partial charge on any atom is -0.385 e. The lowest BCUT2D eigenvalue weighted by Gasteiger charge is -2.01. The molecule has 0 aromatic carbocycles. The summed E-state index contributed by atoms with van der Waals surface area (Å²) in [5.74, 6) is 0.760. The van der Waals surface area contributed by atoms with E-state index in [9.17, 15) is 0 Å². The summed E-state index contributed by atoms with van der Waals surface area (Å²) in [4.78, 5) is 6.32. The van der Waals surface area contributed by atoms with Crippen LogP contribution in [0, 0.1) is 0 Å². The van der Waals surface area contributed by atoms with Gasteiger partial charge in [0.2, 0.25) is 0 Å². The van der Waals surface area contributed by atoms with Gasteiger partial charge in [0.25, 0.3) is 0 Å². The van der Waals surface area contributed by atoms with E-state index in [1.54, 1.807) is 7.11 Å². The maximum atomic E-state index is 5.10. The molecule has 0 spiro atoms. The molecule has 0 bridgehead atoms. The van der Waals surface area contributed by atoms with E-state index in [1.807, 2.05) is 11.3 Å². The fourth-order valence-electron chi connectivity index (χ4n) is 2.07. The first-order valence-corrected chi connectivity index (χ1v) is 7.85. The molecule has 1 saturated carbocycles. The Kier molecular flexibility index (Phi) is 5.60. The molecule has 2 rings (SSSR count). The third-order valence-corrected chi connectivity index (χ3v) is 4.32. The van der Waals surface area contributed by atoms with Crippen molar-refractivity contribution in [2.75, 3.05) is 20.3 Å². The predicted octanol–water partition coefficient (Wildman–Crippen LogP) is 3.10. The van der Waals surface area contributed by atoms with Gasteiger partial charge in [0.15, 0.2) is 0 Å². The molecule has 1 aliphatic carbocycles. The molecule has 3 nitrogen and oxygen atoms in total. The van der Waals surface area contributed by atoms with Crippen LogP contribution in [0.15, 0.2) is 0 Å². The molecule has 0 unspecified atom stereocenters. The molecule has 1 aromatic heterocycles. The molecule has 1 fully saturated rings. The highest BCUT2D eigenvalue weighted by Gasteiger charge is 2.29. The molecule has 1 aromatic rings. The number of hydrogen-bond acceptors (Lipinski definition) is 4. The van der Waals surface area contributed by atoms with E-state index in [1.165, 1.54) is 34.8 Å². The van der Waals surface area contributed by atoms with Crippen LogP contribution in [0.25, 0.3) is 0 Å². The Bertz CT molecular complexity index is 361. The van der Waals surface area contributed by atoms with Crippen molar-refractivity contribution in [3.05, 3.63) is 15.6 Å². The first kappa shape index (κ1) is 14.0. The van der Waals surface area contributed by atoms with Crippen LogP contribution in [0.1, 0.15) is 54.1 Å². The number of rotatable bonds is 9. The Labute approximate surface area is 114 Å². The summed E-state index contributed by atoms with van der Waals surface area (Å²) in [6.07, 6.45) is 6.00. The summed E-state index contributed by atoms with van der Waals surface area (Å²) < 4.78 is 5.10. The molecule has 1 heterocycles. The zero-order chi connectivity index (χ0) is 12.8. The number of aryl methyl sites for hydroxylation is 1. The first-order valence-electron chi connectivity index (χ1n) is 7.03. The van der Waals surface area contributed by atoms with E-state index < -0.39 is 0 Å². The Balaban J connectivity index is 1.92. The van der Waals surface area contributed by atoms with Gasteiger partial charge in [-0.3, -0.25) is 0 Å². The molecule has 1 aliphatic rings.